The lowest BCUT2D eigenvalue weighted by Gasteiger charge is -2.14. The van der Waals surface area contributed by atoms with E-state index in [0.717, 1.165) is 6.07 Å². The van der Waals surface area contributed by atoms with Crippen LogP contribution in [0.1, 0.15) is 35.9 Å². The first-order valence-corrected chi connectivity index (χ1v) is 8.85. The molecule has 3 aromatic rings. The first kappa shape index (κ1) is 21.1. The van der Waals surface area contributed by atoms with Crippen LogP contribution < -0.4 is 5.32 Å². The zero-order valence-corrected chi connectivity index (χ0v) is 16.0. The number of nitrogens with zero attached hydrogens (tertiary/aromatic N) is 4. The van der Waals surface area contributed by atoms with Crippen molar-refractivity contribution in [1.29, 1.82) is 0 Å². The summed E-state index contributed by atoms with van der Waals surface area (Å²) in [5, 5.41) is 29.9. The summed E-state index contributed by atoms with van der Waals surface area (Å²) in [5.41, 5.74) is 0.947. The molecule has 0 fully saturated rings. The fourth-order valence-corrected chi connectivity index (χ4v) is 2.83. The largest absolute Gasteiger partial charge is 0.508 e. The fraction of sp³-hybridized carbons (Fsp3) is 0.263. The van der Waals surface area contributed by atoms with E-state index < -0.39 is 24.5 Å². The van der Waals surface area contributed by atoms with E-state index in [-0.39, 0.29) is 28.8 Å². The number of amides is 1. The molecule has 2 aromatic heterocycles. The number of aromatic hydroxyl groups is 2. The van der Waals surface area contributed by atoms with Gasteiger partial charge in [0, 0.05) is 12.3 Å². The van der Waals surface area contributed by atoms with Crippen LogP contribution in [0.5, 0.6) is 11.5 Å². The van der Waals surface area contributed by atoms with Crippen molar-refractivity contribution in [2.75, 3.05) is 6.54 Å². The number of nitrogens with one attached hydrogen (secondary N) is 1. The van der Waals surface area contributed by atoms with Crippen LogP contribution in [-0.4, -0.2) is 48.6 Å². The Balaban J connectivity index is 2.17. The molecule has 158 valence electrons. The topological polar surface area (TPSA) is 113 Å². The molecular formula is C19H18F3N5O3. The number of benzene rings is 1. The van der Waals surface area contributed by atoms with Gasteiger partial charge < -0.3 is 15.5 Å². The van der Waals surface area contributed by atoms with Crippen molar-refractivity contribution < 1.29 is 28.2 Å². The Hall–Kier alpha value is -3.63. The maximum atomic E-state index is 12.5. The Morgan fingerprint density at radius 3 is 2.53 bits per heavy atom. The minimum Gasteiger partial charge on any atom is -0.508 e. The van der Waals surface area contributed by atoms with Crippen molar-refractivity contribution in [2.45, 2.75) is 25.9 Å². The number of aromatic nitrogens is 4. The Morgan fingerprint density at radius 2 is 1.93 bits per heavy atom. The van der Waals surface area contributed by atoms with Gasteiger partial charge in [-0.3, -0.25) is 14.3 Å². The Kier molecular flexibility index (Phi) is 5.63. The smallest absolute Gasteiger partial charge is 0.405 e. The standard InChI is InChI=1S/C19H18F3N5O3/c1-10(2)12-6-13(15(29)7-14(12)28)16-25-26-17(18(30)24-9-19(20,21)22)27(16)11-4-3-5-23-8-11/h3-8,10,28-29H,9H2,1-2H3,(H,24,30). The predicted octanol–water partition coefficient (Wildman–Crippen LogP) is 3.16. The highest BCUT2D eigenvalue weighted by Crippen LogP contribution is 2.38. The summed E-state index contributed by atoms with van der Waals surface area (Å²) < 4.78 is 38.7. The molecule has 11 heteroatoms. The highest BCUT2D eigenvalue weighted by atomic mass is 19.4. The fourth-order valence-electron chi connectivity index (χ4n) is 2.83. The van der Waals surface area contributed by atoms with Gasteiger partial charge in [0.05, 0.1) is 17.4 Å². The number of carbonyl (C=O) groups is 1. The number of rotatable bonds is 5. The maximum absolute atomic E-state index is 12.5. The first-order chi connectivity index (χ1) is 14.1. The van der Waals surface area contributed by atoms with E-state index in [1.807, 2.05) is 13.8 Å². The summed E-state index contributed by atoms with van der Waals surface area (Å²) in [6, 6.07) is 5.74. The number of phenolic OH excluding ortho intramolecular Hbond substituents is 2. The van der Waals surface area contributed by atoms with E-state index in [4.69, 9.17) is 0 Å². The summed E-state index contributed by atoms with van der Waals surface area (Å²) in [7, 11) is 0. The third-order valence-corrected chi connectivity index (χ3v) is 4.23. The number of carbonyl (C=O) groups excluding carboxylic acids is 1. The van der Waals surface area contributed by atoms with Crippen LogP contribution in [0, 0.1) is 0 Å². The van der Waals surface area contributed by atoms with E-state index >= 15 is 0 Å². The number of hydrogen-bond acceptors (Lipinski definition) is 6. The lowest BCUT2D eigenvalue weighted by atomic mass is 9.98. The van der Waals surface area contributed by atoms with Crippen LogP contribution in [-0.2, 0) is 0 Å². The van der Waals surface area contributed by atoms with Gasteiger partial charge in [-0.25, -0.2) is 0 Å². The van der Waals surface area contributed by atoms with Crippen LogP contribution in [0.4, 0.5) is 13.2 Å². The van der Waals surface area contributed by atoms with Crippen LogP contribution >= 0.6 is 0 Å². The molecule has 0 bridgehead atoms. The van der Waals surface area contributed by atoms with Gasteiger partial charge in [0.15, 0.2) is 5.82 Å². The molecule has 0 atom stereocenters. The van der Waals surface area contributed by atoms with Crippen molar-refractivity contribution >= 4 is 5.91 Å². The van der Waals surface area contributed by atoms with Gasteiger partial charge in [-0.1, -0.05) is 13.8 Å². The molecule has 8 nitrogen and oxygen atoms in total. The number of hydrogen-bond donors (Lipinski definition) is 3. The van der Waals surface area contributed by atoms with E-state index in [1.54, 1.807) is 17.4 Å². The van der Waals surface area contributed by atoms with Crippen LogP contribution in [0.15, 0.2) is 36.7 Å². The van der Waals surface area contributed by atoms with Crippen LogP contribution in [0.2, 0.25) is 0 Å². The van der Waals surface area contributed by atoms with Gasteiger partial charge in [0.2, 0.25) is 5.82 Å². The molecule has 0 unspecified atom stereocenters. The van der Waals surface area contributed by atoms with Gasteiger partial charge >= 0.3 is 6.18 Å². The van der Waals surface area contributed by atoms with Crippen LogP contribution in [0.3, 0.4) is 0 Å². The number of halogens is 3. The molecule has 0 radical (unpaired) electrons. The molecule has 0 aliphatic rings. The van der Waals surface area contributed by atoms with Crippen LogP contribution in [0.25, 0.3) is 17.1 Å². The van der Waals surface area contributed by atoms with E-state index in [1.165, 1.54) is 23.0 Å². The molecule has 0 saturated carbocycles. The highest BCUT2D eigenvalue weighted by molar-refractivity contribution is 5.92. The summed E-state index contributed by atoms with van der Waals surface area (Å²) >= 11 is 0. The molecule has 0 aliphatic carbocycles. The van der Waals surface area contributed by atoms with Crippen molar-refractivity contribution in [2.24, 2.45) is 0 Å². The zero-order valence-electron chi connectivity index (χ0n) is 16.0. The average Bonchev–Trinajstić information content (AvgIpc) is 3.11. The lowest BCUT2D eigenvalue weighted by Crippen LogP contribution is -2.35. The molecule has 30 heavy (non-hydrogen) atoms. The minimum absolute atomic E-state index is 0.000409. The third-order valence-electron chi connectivity index (χ3n) is 4.23. The average molecular weight is 421 g/mol. The molecule has 0 aliphatic heterocycles. The summed E-state index contributed by atoms with van der Waals surface area (Å²) in [5.74, 6) is -2.08. The molecule has 3 N–H and O–H groups in total. The normalized spacial score (nSPS) is 11.7. The van der Waals surface area contributed by atoms with Crippen molar-refractivity contribution in [3.63, 3.8) is 0 Å². The molecule has 1 amide bonds. The first-order valence-electron chi connectivity index (χ1n) is 8.85. The Labute approximate surface area is 169 Å². The summed E-state index contributed by atoms with van der Waals surface area (Å²) in [6.45, 7) is 2.12. The molecule has 0 saturated heterocycles. The second kappa shape index (κ2) is 8.01. The van der Waals surface area contributed by atoms with Gasteiger partial charge in [0.1, 0.15) is 18.0 Å². The third kappa shape index (κ3) is 4.34. The molecule has 1 aromatic carbocycles. The van der Waals surface area contributed by atoms with Crippen molar-refractivity contribution in [3.8, 4) is 28.6 Å². The quantitative estimate of drug-likeness (QED) is 0.583. The van der Waals surface area contributed by atoms with E-state index in [0.29, 0.717) is 11.3 Å². The Morgan fingerprint density at radius 1 is 1.20 bits per heavy atom. The number of alkyl halides is 3. The van der Waals surface area contributed by atoms with E-state index in [9.17, 15) is 28.2 Å². The van der Waals surface area contributed by atoms with Crippen molar-refractivity contribution in [1.82, 2.24) is 25.1 Å². The molecular weight excluding hydrogens is 403 g/mol. The van der Waals surface area contributed by atoms with Gasteiger partial charge in [-0.15, -0.1) is 10.2 Å². The van der Waals surface area contributed by atoms with Crippen molar-refractivity contribution in [3.05, 3.63) is 48.0 Å². The van der Waals surface area contributed by atoms with Gasteiger partial charge in [-0.05, 0) is 29.7 Å². The van der Waals surface area contributed by atoms with Gasteiger partial charge in [-0.2, -0.15) is 13.2 Å². The highest BCUT2D eigenvalue weighted by Gasteiger charge is 2.30. The Bertz CT molecular complexity index is 1070. The molecule has 2 heterocycles. The second-order valence-corrected chi connectivity index (χ2v) is 6.77. The monoisotopic (exact) mass is 421 g/mol. The lowest BCUT2D eigenvalue weighted by molar-refractivity contribution is -0.123. The van der Waals surface area contributed by atoms with E-state index in [2.05, 4.69) is 15.2 Å². The SMILES string of the molecule is CC(C)c1cc(-c2nnc(C(=O)NCC(F)(F)F)n2-c2cccnc2)c(O)cc1O. The molecule has 3 rings (SSSR count). The zero-order chi connectivity index (χ0) is 22.1. The summed E-state index contributed by atoms with van der Waals surface area (Å²) in [4.78, 5) is 16.3. The number of phenols is 2. The molecule has 0 spiro atoms. The summed E-state index contributed by atoms with van der Waals surface area (Å²) in [6.07, 6.45) is -1.75. The minimum atomic E-state index is -4.60. The maximum Gasteiger partial charge on any atom is 0.405 e. The second-order valence-electron chi connectivity index (χ2n) is 6.77. The number of pyridine rings is 1. The van der Waals surface area contributed by atoms with Gasteiger partial charge in [0.25, 0.3) is 5.91 Å². The predicted molar refractivity (Wildman–Crippen MR) is 100 cm³/mol.